The molecule has 3 aliphatic carbocycles. The van der Waals surface area contributed by atoms with Crippen LogP contribution in [0.15, 0.2) is 40.7 Å². The van der Waals surface area contributed by atoms with Crippen LogP contribution >= 0.6 is 0 Å². The van der Waals surface area contributed by atoms with Crippen LogP contribution in [0.25, 0.3) is 0 Å². The van der Waals surface area contributed by atoms with Gasteiger partial charge in [0.1, 0.15) is 5.70 Å². The van der Waals surface area contributed by atoms with E-state index in [1.807, 2.05) is 0 Å². The van der Waals surface area contributed by atoms with Crippen molar-refractivity contribution in [3.05, 3.63) is 46.3 Å². The maximum Gasteiger partial charge on any atom is 0.311 e. The minimum Gasteiger partial charge on any atom is -0.505 e. The molecular weight excluding hydrogens is 422 g/mol. The highest BCUT2D eigenvalue weighted by Gasteiger charge is 2.42. The maximum atomic E-state index is 13.0. The Labute approximate surface area is 193 Å². The molecule has 0 bridgehead atoms. The average molecular weight is 454 g/mol. The predicted molar refractivity (Wildman–Crippen MR) is 124 cm³/mol. The van der Waals surface area contributed by atoms with Gasteiger partial charge in [0.2, 0.25) is 5.78 Å². The van der Waals surface area contributed by atoms with Crippen LogP contribution in [0.3, 0.4) is 0 Å². The molecule has 0 saturated heterocycles. The van der Waals surface area contributed by atoms with Gasteiger partial charge in [-0.3, -0.25) is 14.4 Å². The fourth-order valence-electron chi connectivity index (χ4n) is 4.54. The van der Waals surface area contributed by atoms with E-state index < -0.39 is 0 Å². The summed E-state index contributed by atoms with van der Waals surface area (Å²) in [5.41, 5.74) is 3.28. The zero-order valence-corrected chi connectivity index (χ0v) is 19.4. The van der Waals surface area contributed by atoms with Crippen LogP contribution in [0.2, 0.25) is 0 Å². The van der Waals surface area contributed by atoms with E-state index in [0.717, 1.165) is 44.1 Å². The lowest BCUT2D eigenvalue weighted by Gasteiger charge is -2.36. The normalized spacial score (nSPS) is 22.0. The van der Waals surface area contributed by atoms with Gasteiger partial charge in [-0.05, 0) is 44.7 Å². The molecule has 0 aromatic heterocycles. The number of anilines is 1. The number of phenolic OH excluding ortho intramolecular Hbond substituents is 1. The Bertz CT molecular complexity index is 1050. The number of ketones is 1. The fourth-order valence-corrected chi connectivity index (χ4v) is 4.54. The summed E-state index contributed by atoms with van der Waals surface area (Å²) in [7, 11) is 3.22. The number of allylic oxidation sites excluding steroid dienone is 3. The third kappa shape index (κ3) is 4.47. The third-order valence-electron chi connectivity index (χ3n) is 6.42. The van der Waals surface area contributed by atoms with Gasteiger partial charge in [-0.15, -0.1) is 0 Å². The number of hydrogen-bond acceptors (Lipinski definition) is 7. The van der Waals surface area contributed by atoms with E-state index in [9.17, 15) is 19.5 Å². The monoisotopic (exact) mass is 453 g/mol. The van der Waals surface area contributed by atoms with Crippen LogP contribution in [-0.2, 0) is 14.3 Å². The van der Waals surface area contributed by atoms with E-state index in [0.29, 0.717) is 23.6 Å². The maximum absolute atomic E-state index is 13.0. The van der Waals surface area contributed by atoms with Crippen LogP contribution in [0.1, 0.15) is 55.8 Å². The van der Waals surface area contributed by atoms with E-state index in [1.165, 1.54) is 4.90 Å². The molecule has 0 spiro atoms. The van der Waals surface area contributed by atoms with Crippen molar-refractivity contribution < 1.29 is 24.2 Å². The average Bonchev–Trinajstić information content (AvgIpc) is 3.62. The van der Waals surface area contributed by atoms with Gasteiger partial charge in [-0.1, -0.05) is 24.5 Å². The van der Waals surface area contributed by atoms with Crippen molar-refractivity contribution in [1.29, 1.82) is 0 Å². The standard InChI is InChI=1S/C25H31N3O5/c1-4-33-25(32)15-8-5-6-10-17(15)26-20-19(14-12-13-14)23(30)21(20)27-18-11-7-9-16(22(18)29)24(31)28(2)3/h7,9,11,15,17,26-27,29H,4-6,8,10,12-13H2,1-3H3/t15-,17+/m1/s1. The second-order valence-electron chi connectivity index (χ2n) is 8.98. The summed E-state index contributed by atoms with van der Waals surface area (Å²) >= 11 is 0. The molecule has 176 valence electrons. The Kier molecular flexibility index (Phi) is 6.44. The molecule has 33 heavy (non-hydrogen) atoms. The summed E-state index contributed by atoms with van der Waals surface area (Å²) in [6, 6.07) is 4.71. The Morgan fingerprint density at radius 1 is 1.15 bits per heavy atom. The molecule has 8 heteroatoms. The van der Waals surface area contributed by atoms with E-state index in [1.54, 1.807) is 39.2 Å². The second-order valence-corrected chi connectivity index (χ2v) is 8.98. The molecule has 4 rings (SSSR count). The summed E-state index contributed by atoms with van der Waals surface area (Å²) < 4.78 is 5.29. The Hall–Kier alpha value is -3.29. The van der Waals surface area contributed by atoms with Gasteiger partial charge in [-0.2, -0.15) is 0 Å². The van der Waals surface area contributed by atoms with E-state index in [-0.39, 0.29) is 46.6 Å². The largest absolute Gasteiger partial charge is 0.505 e. The molecule has 1 aromatic carbocycles. The number of para-hydroxylation sites is 1. The van der Waals surface area contributed by atoms with Gasteiger partial charge in [-0.25, -0.2) is 0 Å². The minimum atomic E-state index is -0.330. The molecule has 3 N–H and O–H groups in total. The summed E-state index contributed by atoms with van der Waals surface area (Å²) in [6.45, 7) is 2.14. The van der Waals surface area contributed by atoms with Gasteiger partial charge in [0.25, 0.3) is 5.91 Å². The predicted octanol–water partition coefficient (Wildman–Crippen LogP) is 3.10. The number of nitrogens with zero attached hydrogens (tertiary/aromatic N) is 1. The van der Waals surface area contributed by atoms with Crippen LogP contribution < -0.4 is 10.6 Å². The van der Waals surface area contributed by atoms with Crippen molar-refractivity contribution in [2.24, 2.45) is 5.92 Å². The molecule has 2 fully saturated rings. The first-order valence-corrected chi connectivity index (χ1v) is 11.6. The quantitative estimate of drug-likeness (QED) is 0.331. The summed E-state index contributed by atoms with van der Waals surface area (Å²) in [6.07, 6.45) is 5.32. The van der Waals surface area contributed by atoms with Gasteiger partial charge in [0.05, 0.1) is 29.5 Å². The lowest BCUT2D eigenvalue weighted by atomic mass is 9.82. The van der Waals surface area contributed by atoms with E-state index in [2.05, 4.69) is 10.6 Å². The minimum absolute atomic E-state index is 0.114. The van der Waals surface area contributed by atoms with Gasteiger partial charge in [0.15, 0.2) is 5.75 Å². The van der Waals surface area contributed by atoms with Crippen LogP contribution in [-0.4, -0.2) is 54.4 Å². The van der Waals surface area contributed by atoms with Gasteiger partial charge in [0, 0.05) is 25.7 Å². The molecular formula is C25H31N3O5. The van der Waals surface area contributed by atoms with Crippen molar-refractivity contribution in [3.63, 3.8) is 0 Å². The number of Topliss-reactive ketones (excluding diaryl/α,β-unsaturated/α-hetero) is 1. The third-order valence-corrected chi connectivity index (χ3v) is 6.42. The van der Waals surface area contributed by atoms with Gasteiger partial charge < -0.3 is 25.4 Å². The first-order chi connectivity index (χ1) is 15.8. The molecule has 2 atom stereocenters. The topological polar surface area (TPSA) is 108 Å². The number of aromatic hydroxyl groups is 1. The molecule has 8 nitrogen and oxygen atoms in total. The molecule has 0 unspecified atom stereocenters. The first kappa shape index (κ1) is 22.9. The zero-order valence-electron chi connectivity index (χ0n) is 19.4. The van der Waals surface area contributed by atoms with E-state index in [4.69, 9.17) is 4.74 Å². The SMILES string of the molecule is CCOC(=O)[C@@H]1CCCC[C@@H]1NC1=C(Nc2cccc(C(=O)N(C)C)c2O)C(=O)C1=C1CC1. The number of amides is 1. The second kappa shape index (κ2) is 9.29. The molecule has 3 aliphatic rings. The van der Waals surface area contributed by atoms with Crippen molar-refractivity contribution in [2.45, 2.75) is 51.5 Å². The highest BCUT2D eigenvalue weighted by Crippen LogP contribution is 2.43. The number of esters is 1. The summed E-state index contributed by atoms with van der Waals surface area (Å²) in [5.74, 6) is -1.11. The molecule has 0 radical (unpaired) electrons. The Morgan fingerprint density at radius 2 is 1.88 bits per heavy atom. The lowest BCUT2D eigenvalue weighted by Crippen LogP contribution is -2.47. The number of nitrogens with one attached hydrogen (secondary N) is 2. The highest BCUT2D eigenvalue weighted by atomic mass is 16.5. The lowest BCUT2D eigenvalue weighted by molar-refractivity contribution is -0.150. The number of rotatable bonds is 7. The smallest absolute Gasteiger partial charge is 0.311 e. The summed E-state index contributed by atoms with van der Waals surface area (Å²) in [5, 5.41) is 17.2. The Morgan fingerprint density at radius 3 is 2.55 bits per heavy atom. The first-order valence-electron chi connectivity index (χ1n) is 11.6. The zero-order chi connectivity index (χ0) is 23.7. The fraction of sp³-hybridized carbons (Fsp3) is 0.480. The number of carbonyl (C=O) groups is 3. The number of carbonyl (C=O) groups excluding carboxylic acids is 3. The summed E-state index contributed by atoms with van der Waals surface area (Å²) in [4.78, 5) is 39.3. The Balaban J connectivity index is 1.64. The van der Waals surface area contributed by atoms with Gasteiger partial charge >= 0.3 is 5.97 Å². The van der Waals surface area contributed by atoms with Crippen LogP contribution in [0, 0.1) is 5.92 Å². The molecule has 1 aromatic rings. The number of hydrogen-bond donors (Lipinski definition) is 3. The number of phenols is 1. The van der Waals surface area contributed by atoms with Crippen molar-refractivity contribution in [2.75, 3.05) is 26.0 Å². The van der Waals surface area contributed by atoms with E-state index >= 15 is 0 Å². The van der Waals surface area contributed by atoms with Crippen molar-refractivity contribution in [1.82, 2.24) is 10.2 Å². The molecule has 0 heterocycles. The van der Waals surface area contributed by atoms with Crippen LogP contribution in [0.5, 0.6) is 5.75 Å². The highest BCUT2D eigenvalue weighted by molar-refractivity contribution is 6.22. The molecule has 2 saturated carbocycles. The number of ether oxygens (including phenoxy) is 1. The molecule has 0 aliphatic heterocycles. The van der Waals surface area contributed by atoms with Crippen LogP contribution in [0.4, 0.5) is 5.69 Å². The molecule has 1 amide bonds. The van der Waals surface area contributed by atoms with Crippen molar-refractivity contribution >= 4 is 23.3 Å². The number of benzene rings is 1. The van der Waals surface area contributed by atoms with Crippen molar-refractivity contribution in [3.8, 4) is 5.75 Å².